The van der Waals surface area contributed by atoms with Crippen molar-refractivity contribution in [1.29, 1.82) is 0 Å². The van der Waals surface area contributed by atoms with Gasteiger partial charge in [0.1, 0.15) is 0 Å². The van der Waals surface area contributed by atoms with Gasteiger partial charge in [-0.1, -0.05) is 48.5 Å². The molecule has 122 valence electrons. The summed E-state index contributed by atoms with van der Waals surface area (Å²) < 4.78 is 22.9. The van der Waals surface area contributed by atoms with E-state index in [1.807, 2.05) is 42.5 Å². The lowest BCUT2D eigenvalue weighted by molar-refractivity contribution is -0.115. The SMILES string of the molecule is CS(=O)(=O)c1ccc(CC(=O)Nc2cccc3ccccc23)cc1. The lowest BCUT2D eigenvalue weighted by Gasteiger charge is -2.09. The van der Waals surface area contributed by atoms with Crippen LogP contribution in [0.5, 0.6) is 0 Å². The summed E-state index contributed by atoms with van der Waals surface area (Å²) in [5.74, 6) is -0.140. The highest BCUT2D eigenvalue weighted by molar-refractivity contribution is 7.90. The number of carbonyl (C=O) groups excluding carboxylic acids is 1. The Balaban J connectivity index is 1.76. The Morgan fingerprint density at radius 2 is 1.58 bits per heavy atom. The summed E-state index contributed by atoms with van der Waals surface area (Å²) in [6.07, 6.45) is 1.35. The molecule has 0 aliphatic carbocycles. The van der Waals surface area contributed by atoms with Crippen LogP contribution in [0.1, 0.15) is 5.56 Å². The minimum absolute atomic E-state index is 0.140. The van der Waals surface area contributed by atoms with Gasteiger partial charge in [-0.3, -0.25) is 4.79 Å². The molecule has 0 aliphatic heterocycles. The van der Waals surface area contributed by atoms with E-state index in [2.05, 4.69) is 5.32 Å². The fourth-order valence-corrected chi connectivity index (χ4v) is 3.20. The Hall–Kier alpha value is -2.66. The molecular formula is C19H17NO3S. The second kappa shape index (κ2) is 6.45. The van der Waals surface area contributed by atoms with Crippen LogP contribution in [0.15, 0.2) is 71.6 Å². The summed E-state index contributed by atoms with van der Waals surface area (Å²) >= 11 is 0. The fourth-order valence-electron chi connectivity index (χ4n) is 2.57. The van der Waals surface area contributed by atoms with Crippen molar-refractivity contribution in [2.45, 2.75) is 11.3 Å². The maximum Gasteiger partial charge on any atom is 0.228 e. The van der Waals surface area contributed by atoms with Gasteiger partial charge in [0.05, 0.1) is 11.3 Å². The molecule has 0 radical (unpaired) electrons. The Labute approximate surface area is 141 Å². The van der Waals surface area contributed by atoms with Gasteiger partial charge in [0.25, 0.3) is 0 Å². The summed E-state index contributed by atoms with van der Waals surface area (Å²) in [6, 6.07) is 20.0. The molecule has 0 bridgehead atoms. The molecule has 0 saturated heterocycles. The lowest BCUT2D eigenvalue weighted by Crippen LogP contribution is -2.14. The van der Waals surface area contributed by atoms with E-state index in [9.17, 15) is 13.2 Å². The smallest absolute Gasteiger partial charge is 0.228 e. The first-order valence-corrected chi connectivity index (χ1v) is 9.39. The number of fused-ring (bicyclic) bond motifs is 1. The van der Waals surface area contributed by atoms with Crippen molar-refractivity contribution in [2.24, 2.45) is 0 Å². The molecule has 0 spiro atoms. The van der Waals surface area contributed by atoms with Gasteiger partial charge in [-0.05, 0) is 29.1 Å². The maximum absolute atomic E-state index is 12.3. The highest BCUT2D eigenvalue weighted by Gasteiger charge is 2.09. The number of carbonyl (C=O) groups is 1. The second-order valence-electron chi connectivity index (χ2n) is 5.67. The van der Waals surface area contributed by atoms with Gasteiger partial charge in [-0.15, -0.1) is 0 Å². The van der Waals surface area contributed by atoms with Crippen LogP contribution in [0.4, 0.5) is 5.69 Å². The highest BCUT2D eigenvalue weighted by atomic mass is 32.2. The normalized spacial score (nSPS) is 11.4. The summed E-state index contributed by atoms with van der Waals surface area (Å²) in [5, 5.41) is 4.97. The Morgan fingerprint density at radius 3 is 2.29 bits per heavy atom. The van der Waals surface area contributed by atoms with Crippen LogP contribution in [-0.2, 0) is 21.1 Å². The van der Waals surface area contributed by atoms with Crippen molar-refractivity contribution in [1.82, 2.24) is 0 Å². The Kier molecular flexibility index (Phi) is 4.36. The van der Waals surface area contributed by atoms with Crippen LogP contribution in [0.25, 0.3) is 10.8 Å². The molecule has 0 saturated carbocycles. The van der Waals surface area contributed by atoms with Crippen LogP contribution in [-0.4, -0.2) is 20.6 Å². The number of nitrogens with one attached hydrogen (secondary N) is 1. The number of anilines is 1. The first kappa shape index (κ1) is 16.2. The number of rotatable bonds is 4. The van der Waals surface area contributed by atoms with E-state index in [4.69, 9.17) is 0 Å². The molecule has 0 atom stereocenters. The Bertz CT molecular complexity index is 987. The third kappa shape index (κ3) is 3.63. The zero-order chi connectivity index (χ0) is 17.2. The zero-order valence-electron chi connectivity index (χ0n) is 13.2. The van der Waals surface area contributed by atoms with Gasteiger partial charge in [0.2, 0.25) is 5.91 Å². The van der Waals surface area contributed by atoms with Crippen molar-refractivity contribution in [3.63, 3.8) is 0 Å². The predicted octanol–water partition coefficient (Wildman–Crippen LogP) is 3.42. The van der Waals surface area contributed by atoms with Crippen LogP contribution in [0.2, 0.25) is 0 Å². The molecule has 3 aromatic carbocycles. The van der Waals surface area contributed by atoms with Gasteiger partial charge in [-0.25, -0.2) is 8.42 Å². The van der Waals surface area contributed by atoms with Gasteiger partial charge < -0.3 is 5.32 Å². The molecule has 1 amide bonds. The molecule has 24 heavy (non-hydrogen) atoms. The molecule has 0 aliphatic rings. The van der Waals surface area contributed by atoms with Crippen molar-refractivity contribution in [3.8, 4) is 0 Å². The second-order valence-corrected chi connectivity index (χ2v) is 7.68. The molecule has 0 unspecified atom stereocenters. The lowest BCUT2D eigenvalue weighted by atomic mass is 10.1. The number of hydrogen-bond acceptors (Lipinski definition) is 3. The van der Waals surface area contributed by atoms with Crippen molar-refractivity contribution < 1.29 is 13.2 Å². The van der Waals surface area contributed by atoms with E-state index in [-0.39, 0.29) is 17.2 Å². The number of sulfone groups is 1. The number of hydrogen-bond donors (Lipinski definition) is 1. The van der Waals surface area contributed by atoms with E-state index in [1.54, 1.807) is 12.1 Å². The fraction of sp³-hybridized carbons (Fsp3) is 0.105. The first-order chi connectivity index (χ1) is 11.4. The van der Waals surface area contributed by atoms with Crippen molar-refractivity contribution >= 4 is 32.2 Å². The highest BCUT2D eigenvalue weighted by Crippen LogP contribution is 2.23. The molecule has 5 heteroatoms. The summed E-state index contributed by atoms with van der Waals surface area (Å²) in [6.45, 7) is 0. The molecule has 4 nitrogen and oxygen atoms in total. The standard InChI is InChI=1S/C19H17NO3S/c1-24(22,23)16-11-9-14(10-12-16)13-19(21)20-18-8-4-6-15-5-2-3-7-17(15)18/h2-12H,13H2,1H3,(H,20,21). The third-order valence-corrected chi connectivity index (χ3v) is 4.91. The van der Waals surface area contributed by atoms with E-state index in [0.29, 0.717) is 0 Å². The quantitative estimate of drug-likeness (QED) is 0.792. The molecule has 1 N–H and O–H groups in total. The van der Waals surface area contributed by atoms with Gasteiger partial charge in [-0.2, -0.15) is 0 Å². The van der Waals surface area contributed by atoms with Gasteiger partial charge >= 0.3 is 0 Å². The van der Waals surface area contributed by atoms with Crippen LogP contribution < -0.4 is 5.32 Å². The minimum Gasteiger partial charge on any atom is -0.325 e. The largest absolute Gasteiger partial charge is 0.325 e. The van der Waals surface area contributed by atoms with E-state index >= 15 is 0 Å². The molecular weight excluding hydrogens is 322 g/mol. The Morgan fingerprint density at radius 1 is 0.917 bits per heavy atom. The molecule has 0 fully saturated rings. The molecule has 0 aromatic heterocycles. The zero-order valence-corrected chi connectivity index (χ0v) is 14.0. The van der Waals surface area contributed by atoms with E-state index in [0.717, 1.165) is 28.3 Å². The van der Waals surface area contributed by atoms with Crippen molar-refractivity contribution in [3.05, 3.63) is 72.3 Å². The summed E-state index contributed by atoms with van der Waals surface area (Å²) in [5.41, 5.74) is 1.53. The van der Waals surface area contributed by atoms with Gasteiger partial charge in [0, 0.05) is 17.3 Å². The molecule has 3 aromatic rings. The minimum atomic E-state index is -3.22. The van der Waals surface area contributed by atoms with Crippen LogP contribution in [0.3, 0.4) is 0 Å². The topological polar surface area (TPSA) is 63.2 Å². The summed E-state index contributed by atoms with van der Waals surface area (Å²) in [4.78, 5) is 12.5. The average Bonchev–Trinajstić information content (AvgIpc) is 2.55. The molecule has 3 rings (SSSR count). The number of amides is 1. The third-order valence-electron chi connectivity index (χ3n) is 3.78. The van der Waals surface area contributed by atoms with E-state index < -0.39 is 9.84 Å². The maximum atomic E-state index is 12.3. The average molecular weight is 339 g/mol. The number of benzene rings is 3. The first-order valence-electron chi connectivity index (χ1n) is 7.50. The van der Waals surface area contributed by atoms with Crippen LogP contribution >= 0.6 is 0 Å². The van der Waals surface area contributed by atoms with Crippen molar-refractivity contribution in [2.75, 3.05) is 11.6 Å². The monoisotopic (exact) mass is 339 g/mol. The van der Waals surface area contributed by atoms with Crippen LogP contribution in [0, 0.1) is 0 Å². The van der Waals surface area contributed by atoms with Gasteiger partial charge in [0.15, 0.2) is 9.84 Å². The van der Waals surface area contributed by atoms with E-state index in [1.165, 1.54) is 12.1 Å². The summed E-state index contributed by atoms with van der Waals surface area (Å²) in [7, 11) is -3.22. The predicted molar refractivity (Wildman–Crippen MR) is 95.8 cm³/mol. The molecule has 0 heterocycles.